The summed E-state index contributed by atoms with van der Waals surface area (Å²) in [5, 5.41) is 6.25. The molecule has 9 heteroatoms. The van der Waals surface area contributed by atoms with Crippen molar-refractivity contribution in [3.05, 3.63) is 72.2 Å². The zero-order chi connectivity index (χ0) is 22.9. The molecule has 9 nitrogen and oxygen atoms in total. The zero-order valence-electron chi connectivity index (χ0n) is 17.6. The van der Waals surface area contributed by atoms with Crippen LogP contribution in [0.25, 0.3) is 10.9 Å². The first kappa shape index (κ1) is 22.4. The summed E-state index contributed by atoms with van der Waals surface area (Å²) in [7, 11) is 0. The van der Waals surface area contributed by atoms with Gasteiger partial charge in [0.05, 0.1) is 18.7 Å². The number of fused-ring (bicyclic) bond motifs is 1. The number of hydrogen-bond acceptors (Lipinski definition) is 8. The lowest BCUT2D eigenvalue weighted by Crippen LogP contribution is -2.19. The molecule has 0 aliphatic heterocycles. The summed E-state index contributed by atoms with van der Waals surface area (Å²) < 4.78 is 9.85. The third-order valence-electron chi connectivity index (χ3n) is 4.27. The molecule has 2 N–H and O–H groups in total. The number of anilines is 2. The summed E-state index contributed by atoms with van der Waals surface area (Å²) in [6.45, 7) is 3.49. The molecule has 0 saturated heterocycles. The van der Waals surface area contributed by atoms with Gasteiger partial charge in [-0.05, 0) is 44.2 Å². The minimum atomic E-state index is -0.812. The van der Waals surface area contributed by atoms with Crippen molar-refractivity contribution in [2.24, 2.45) is 0 Å². The molecule has 0 saturated carbocycles. The predicted molar refractivity (Wildman–Crippen MR) is 119 cm³/mol. The summed E-state index contributed by atoms with van der Waals surface area (Å²) in [6, 6.07) is 14.0. The van der Waals surface area contributed by atoms with Crippen LogP contribution in [0, 0.1) is 0 Å². The van der Waals surface area contributed by atoms with Crippen LogP contribution in [0.2, 0.25) is 0 Å². The summed E-state index contributed by atoms with van der Waals surface area (Å²) in [6.07, 6.45) is 2.53. The fraction of sp³-hybridized carbons (Fsp3) is 0.174. The van der Waals surface area contributed by atoms with Crippen LogP contribution in [0.4, 0.5) is 11.5 Å². The molecule has 32 heavy (non-hydrogen) atoms. The number of amides is 1. The third kappa shape index (κ3) is 5.45. The molecule has 1 aromatic heterocycles. The van der Waals surface area contributed by atoms with Gasteiger partial charge in [-0.1, -0.05) is 18.2 Å². The van der Waals surface area contributed by atoms with Crippen LogP contribution in [0.3, 0.4) is 0 Å². The van der Waals surface area contributed by atoms with Crippen LogP contribution in [-0.2, 0) is 19.1 Å². The molecule has 3 aromatic rings. The average molecular weight is 434 g/mol. The topological polar surface area (TPSA) is 120 Å². The average Bonchev–Trinajstić information content (AvgIpc) is 2.80. The zero-order valence-corrected chi connectivity index (χ0v) is 17.6. The van der Waals surface area contributed by atoms with Gasteiger partial charge < -0.3 is 20.1 Å². The first-order chi connectivity index (χ1) is 15.5. The Morgan fingerprint density at radius 2 is 1.62 bits per heavy atom. The number of carbonyl (C=O) groups excluding carboxylic acids is 3. The lowest BCUT2D eigenvalue weighted by atomic mass is 10.2. The molecule has 0 bridgehead atoms. The summed E-state index contributed by atoms with van der Waals surface area (Å²) in [5.74, 6) is -1.56. The maximum atomic E-state index is 12.5. The second kappa shape index (κ2) is 10.7. The summed E-state index contributed by atoms with van der Waals surface area (Å²) in [5.41, 5.74) is 1.35. The van der Waals surface area contributed by atoms with E-state index in [0.717, 1.165) is 0 Å². The van der Waals surface area contributed by atoms with Crippen molar-refractivity contribution < 1.29 is 23.9 Å². The second-order valence-electron chi connectivity index (χ2n) is 6.42. The minimum absolute atomic E-state index is 0.108. The maximum Gasteiger partial charge on any atom is 0.347 e. The molecule has 1 heterocycles. The van der Waals surface area contributed by atoms with Crippen molar-refractivity contribution in [1.29, 1.82) is 0 Å². The normalized spacial score (nSPS) is 10.2. The standard InChI is InChI=1S/C23H22N4O5/c1-3-31-22(29)18(23(30)32-4-2)13-24-20-17-12-16(10-11-19(17)25-14-26-20)27-21(28)15-8-6-5-7-9-15/h5-14H,3-4H2,1-2H3,(H,27,28)(H,24,25,26). The summed E-state index contributed by atoms with van der Waals surface area (Å²) >= 11 is 0. The van der Waals surface area contributed by atoms with E-state index < -0.39 is 11.9 Å². The van der Waals surface area contributed by atoms with Crippen molar-refractivity contribution in [3.63, 3.8) is 0 Å². The number of aromatic nitrogens is 2. The van der Waals surface area contributed by atoms with Gasteiger partial charge in [-0.15, -0.1) is 0 Å². The highest BCUT2D eigenvalue weighted by molar-refractivity contribution is 6.14. The highest BCUT2D eigenvalue weighted by atomic mass is 16.6. The van der Waals surface area contributed by atoms with Crippen molar-refractivity contribution in [1.82, 2.24) is 9.97 Å². The second-order valence-corrected chi connectivity index (χ2v) is 6.42. The molecule has 0 unspecified atom stereocenters. The van der Waals surface area contributed by atoms with E-state index in [1.165, 1.54) is 12.5 Å². The van der Waals surface area contributed by atoms with Crippen molar-refractivity contribution in [2.75, 3.05) is 23.8 Å². The van der Waals surface area contributed by atoms with Crippen molar-refractivity contribution >= 4 is 40.3 Å². The monoisotopic (exact) mass is 434 g/mol. The largest absolute Gasteiger partial charge is 0.462 e. The van der Waals surface area contributed by atoms with Crippen molar-refractivity contribution in [3.8, 4) is 0 Å². The van der Waals surface area contributed by atoms with E-state index in [1.807, 2.05) is 6.07 Å². The molecule has 1 amide bonds. The van der Waals surface area contributed by atoms with E-state index in [-0.39, 0.29) is 24.7 Å². The molecule has 3 rings (SSSR count). The molecular formula is C23H22N4O5. The smallest absolute Gasteiger partial charge is 0.347 e. The van der Waals surface area contributed by atoms with Crippen LogP contribution < -0.4 is 10.6 Å². The van der Waals surface area contributed by atoms with Crippen LogP contribution in [0.5, 0.6) is 0 Å². The van der Waals surface area contributed by atoms with Crippen LogP contribution in [0.15, 0.2) is 66.6 Å². The van der Waals surface area contributed by atoms with Gasteiger partial charge >= 0.3 is 11.9 Å². The molecule has 2 aromatic carbocycles. The van der Waals surface area contributed by atoms with Gasteiger partial charge in [-0.3, -0.25) is 4.79 Å². The number of benzene rings is 2. The number of hydrogen-bond donors (Lipinski definition) is 2. The fourth-order valence-corrected chi connectivity index (χ4v) is 2.80. The fourth-order valence-electron chi connectivity index (χ4n) is 2.80. The Balaban J connectivity index is 1.89. The molecule has 0 fully saturated rings. The minimum Gasteiger partial charge on any atom is -0.462 e. The highest BCUT2D eigenvalue weighted by Crippen LogP contribution is 2.24. The number of rotatable bonds is 8. The maximum absolute atomic E-state index is 12.5. The lowest BCUT2D eigenvalue weighted by molar-refractivity contribution is -0.146. The SMILES string of the molecule is CCOC(=O)C(=CNc1ncnc2ccc(NC(=O)c3ccccc3)cc12)C(=O)OCC. The van der Waals surface area contributed by atoms with E-state index >= 15 is 0 Å². The van der Waals surface area contributed by atoms with Crippen LogP contribution in [0.1, 0.15) is 24.2 Å². The van der Waals surface area contributed by atoms with Gasteiger partial charge in [0, 0.05) is 22.8 Å². The molecular weight excluding hydrogens is 412 g/mol. The molecule has 0 aliphatic rings. The Hall–Kier alpha value is -4.27. The molecule has 0 radical (unpaired) electrons. The van der Waals surface area contributed by atoms with Gasteiger partial charge in [-0.2, -0.15) is 0 Å². The number of nitrogens with zero attached hydrogens (tertiary/aromatic N) is 2. The number of carbonyl (C=O) groups is 3. The molecule has 0 spiro atoms. The first-order valence-electron chi connectivity index (χ1n) is 9.95. The van der Waals surface area contributed by atoms with Gasteiger partial charge in [0.25, 0.3) is 5.91 Å². The molecule has 0 atom stereocenters. The summed E-state index contributed by atoms with van der Waals surface area (Å²) in [4.78, 5) is 45.1. The van der Waals surface area contributed by atoms with E-state index in [2.05, 4.69) is 20.6 Å². The Kier molecular flexibility index (Phi) is 7.47. The van der Waals surface area contributed by atoms with E-state index in [1.54, 1.807) is 56.3 Å². The van der Waals surface area contributed by atoms with Gasteiger partial charge in [0.15, 0.2) is 5.57 Å². The van der Waals surface area contributed by atoms with E-state index in [4.69, 9.17) is 9.47 Å². The van der Waals surface area contributed by atoms with Gasteiger partial charge in [0.2, 0.25) is 0 Å². The number of esters is 2. The predicted octanol–water partition coefficient (Wildman–Crippen LogP) is 3.30. The third-order valence-corrected chi connectivity index (χ3v) is 4.27. The quantitative estimate of drug-likeness (QED) is 0.240. The number of ether oxygens (including phenoxy) is 2. The van der Waals surface area contributed by atoms with Crippen LogP contribution in [-0.4, -0.2) is 41.0 Å². The van der Waals surface area contributed by atoms with Gasteiger partial charge in [-0.25, -0.2) is 19.6 Å². The van der Waals surface area contributed by atoms with E-state index in [9.17, 15) is 14.4 Å². The first-order valence-corrected chi connectivity index (χ1v) is 9.95. The molecule has 164 valence electrons. The molecule has 0 aliphatic carbocycles. The Morgan fingerprint density at radius 1 is 0.938 bits per heavy atom. The van der Waals surface area contributed by atoms with E-state index in [0.29, 0.717) is 28.0 Å². The van der Waals surface area contributed by atoms with Crippen LogP contribution >= 0.6 is 0 Å². The highest BCUT2D eigenvalue weighted by Gasteiger charge is 2.21. The Morgan fingerprint density at radius 3 is 2.28 bits per heavy atom. The lowest BCUT2D eigenvalue weighted by Gasteiger charge is -2.10. The number of nitrogens with one attached hydrogen (secondary N) is 2. The van der Waals surface area contributed by atoms with Gasteiger partial charge in [0.1, 0.15) is 12.1 Å². The van der Waals surface area contributed by atoms with Crippen molar-refractivity contribution in [2.45, 2.75) is 13.8 Å². The Bertz CT molecular complexity index is 1140. The Labute approximate surface area is 184 Å².